The first-order valence-corrected chi connectivity index (χ1v) is 5.34. The Balaban J connectivity index is 2.77. The van der Waals surface area contributed by atoms with Crippen LogP contribution in [0.4, 0.5) is 0 Å². The van der Waals surface area contributed by atoms with Gasteiger partial charge in [0.05, 0.1) is 23.7 Å². The van der Waals surface area contributed by atoms with E-state index in [1.807, 2.05) is 0 Å². The first kappa shape index (κ1) is 9.47. The highest BCUT2D eigenvalue weighted by atomic mass is 32.2. The second-order valence-electron chi connectivity index (χ2n) is 2.98. The van der Waals surface area contributed by atoms with Gasteiger partial charge in [0.15, 0.2) is 9.84 Å². The Kier molecular flexibility index (Phi) is 2.39. The lowest BCUT2D eigenvalue weighted by Gasteiger charge is -2.20. The van der Waals surface area contributed by atoms with Crippen molar-refractivity contribution in [2.75, 3.05) is 18.6 Å². The molecule has 1 rings (SSSR count). The molecule has 70 valence electrons. The standard InChI is InChI=1S/C6H11NO4S/c1-7(4-8)5-2-12(10,11)3-6(5)9/h4-6,9H,2-3H2,1H3. The van der Waals surface area contributed by atoms with Crippen LogP contribution in [0.2, 0.25) is 0 Å². The predicted molar refractivity (Wildman–Crippen MR) is 42.3 cm³/mol. The molecule has 1 aliphatic rings. The first-order chi connectivity index (χ1) is 5.46. The van der Waals surface area contributed by atoms with Crippen LogP contribution in [0.5, 0.6) is 0 Å². The summed E-state index contributed by atoms with van der Waals surface area (Å²) in [6, 6.07) is -0.576. The van der Waals surface area contributed by atoms with Gasteiger partial charge in [0, 0.05) is 7.05 Å². The molecule has 2 unspecified atom stereocenters. The Bertz CT molecular complexity index is 273. The zero-order chi connectivity index (χ0) is 9.35. The molecular weight excluding hydrogens is 182 g/mol. The fraction of sp³-hybridized carbons (Fsp3) is 0.833. The van der Waals surface area contributed by atoms with Crippen LogP contribution in [0.1, 0.15) is 0 Å². The number of rotatable bonds is 2. The smallest absolute Gasteiger partial charge is 0.209 e. The second-order valence-corrected chi connectivity index (χ2v) is 5.14. The van der Waals surface area contributed by atoms with Crippen LogP contribution in [0.3, 0.4) is 0 Å². The fourth-order valence-electron chi connectivity index (χ4n) is 1.28. The molecule has 2 atom stereocenters. The fourth-order valence-corrected chi connectivity index (χ4v) is 3.13. The maximum atomic E-state index is 11.0. The molecule has 1 aliphatic heterocycles. The number of hydrogen-bond acceptors (Lipinski definition) is 4. The lowest BCUT2D eigenvalue weighted by Crippen LogP contribution is -2.39. The highest BCUT2D eigenvalue weighted by Crippen LogP contribution is 2.15. The zero-order valence-corrected chi connectivity index (χ0v) is 7.49. The quantitative estimate of drug-likeness (QED) is 0.527. The number of aliphatic hydroxyl groups excluding tert-OH is 1. The van der Waals surface area contributed by atoms with Gasteiger partial charge in [-0.15, -0.1) is 0 Å². The molecule has 0 saturated carbocycles. The molecule has 0 bridgehead atoms. The summed E-state index contributed by atoms with van der Waals surface area (Å²) < 4.78 is 21.9. The van der Waals surface area contributed by atoms with E-state index in [1.165, 1.54) is 11.9 Å². The second kappa shape index (κ2) is 3.02. The van der Waals surface area contributed by atoms with Crippen molar-refractivity contribution >= 4 is 16.2 Å². The molecule has 0 aromatic rings. The molecule has 12 heavy (non-hydrogen) atoms. The molecule has 1 saturated heterocycles. The molecular formula is C6H11NO4S. The summed E-state index contributed by atoms with van der Waals surface area (Å²) in [4.78, 5) is 11.5. The maximum absolute atomic E-state index is 11.0. The number of likely N-dealkylation sites (N-methyl/N-ethyl adjacent to an activating group) is 1. The number of hydrogen-bond donors (Lipinski definition) is 1. The average molecular weight is 193 g/mol. The van der Waals surface area contributed by atoms with E-state index in [1.54, 1.807) is 0 Å². The minimum absolute atomic E-state index is 0.136. The molecule has 6 heteroatoms. The van der Waals surface area contributed by atoms with Crippen LogP contribution in [0, 0.1) is 0 Å². The van der Waals surface area contributed by atoms with Crippen molar-refractivity contribution < 1.29 is 18.3 Å². The SMILES string of the molecule is CN(C=O)C1CS(=O)(=O)CC1O. The molecule has 1 heterocycles. The van der Waals surface area contributed by atoms with Crippen LogP contribution in [-0.4, -0.2) is 55.5 Å². The van der Waals surface area contributed by atoms with Crippen molar-refractivity contribution in [1.82, 2.24) is 4.90 Å². The number of sulfone groups is 1. The van der Waals surface area contributed by atoms with Gasteiger partial charge in [-0.1, -0.05) is 0 Å². The maximum Gasteiger partial charge on any atom is 0.209 e. The van der Waals surface area contributed by atoms with Gasteiger partial charge < -0.3 is 10.0 Å². The largest absolute Gasteiger partial charge is 0.390 e. The molecule has 0 aromatic carbocycles. The van der Waals surface area contributed by atoms with E-state index in [9.17, 15) is 18.3 Å². The molecule has 0 aromatic heterocycles. The Hall–Kier alpha value is -0.620. The molecule has 1 N–H and O–H groups in total. The predicted octanol–water partition coefficient (Wildman–Crippen LogP) is -1.77. The van der Waals surface area contributed by atoms with Gasteiger partial charge in [0.2, 0.25) is 6.41 Å². The van der Waals surface area contributed by atoms with E-state index in [4.69, 9.17) is 0 Å². The summed E-state index contributed by atoms with van der Waals surface area (Å²) in [5.41, 5.74) is 0. The third-order valence-electron chi connectivity index (χ3n) is 1.98. The number of amides is 1. The summed E-state index contributed by atoms with van der Waals surface area (Å²) in [5, 5.41) is 9.25. The minimum Gasteiger partial charge on any atom is -0.390 e. The number of carbonyl (C=O) groups excluding carboxylic acids is 1. The molecule has 5 nitrogen and oxygen atoms in total. The van der Waals surface area contributed by atoms with Gasteiger partial charge in [-0.3, -0.25) is 4.79 Å². The van der Waals surface area contributed by atoms with Crippen LogP contribution < -0.4 is 0 Å². The first-order valence-electron chi connectivity index (χ1n) is 3.52. The van der Waals surface area contributed by atoms with E-state index in [0.29, 0.717) is 6.41 Å². The van der Waals surface area contributed by atoms with E-state index in [-0.39, 0.29) is 11.5 Å². The molecule has 0 spiro atoms. The Morgan fingerprint density at radius 3 is 2.42 bits per heavy atom. The normalized spacial score (nSPS) is 33.2. The minimum atomic E-state index is -3.15. The Morgan fingerprint density at radius 1 is 1.50 bits per heavy atom. The Morgan fingerprint density at radius 2 is 2.08 bits per heavy atom. The highest BCUT2D eigenvalue weighted by Gasteiger charge is 2.38. The Labute approximate surface area is 70.9 Å². The van der Waals surface area contributed by atoms with Gasteiger partial charge >= 0.3 is 0 Å². The van der Waals surface area contributed by atoms with Crippen molar-refractivity contribution in [3.63, 3.8) is 0 Å². The van der Waals surface area contributed by atoms with Crippen molar-refractivity contribution in [3.8, 4) is 0 Å². The van der Waals surface area contributed by atoms with E-state index < -0.39 is 22.0 Å². The third-order valence-corrected chi connectivity index (χ3v) is 3.68. The molecule has 1 amide bonds. The molecule has 1 fully saturated rings. The zero-order valence-electron chi connectivity index (χ0n) is 6.67. The molecule has 0 radical (unpaired) electrons. The van der Waals surface area contributed by atoms with Crippen molar-refractivity contribution in [2.24, 2.45) is 0 Å². The number of aliphatic hydroxyl groups is 1. The lowest BCUT2D eigenvalue weighted by atomic mass is 10.2. The van der Waals surface area contributed by atoms with Gasteiger partial charge in [-0.25, -0.2) is 8.42 Å². The highest BCUT2D eigenvalue weighted by molar-refractivity contribution is 7.91. The topological polar surface area (TPSA) is 74.7 Å². The summed E-state index contributed by atoms with van der Waals surface area (Å²) in [6.07, 6.45) is -0.417. The van der Waals surface area contributed by atoms with E-state index in [0.717, 1.165) is 0 Å². The van der Waals surface area contributed by atoms with Gasteiger partial charge in [0.25, 0.3) is 0 Å². The summed E-state index contributed by atoms with van der Waals surface area (Å²) in [5.74, 6) is -0.376. The summed E-state index contributed by atoms with van der Waals surface area (Å²) >= 11 is 0. The van der Waals surface area contributed by atoms with Gasteiger partial charge in [-0.2, -0.15) is 0 Å². The van der Waals surface area contributed by atoms with Crippen LogP contribution in [0.25, 0.3) is 0 Å². The van der Waals surface area contributed by atoms with Crippen LogP contribution >= 0.6 is 0 Å². The van der Waals surface area contributed by atoms with Crippen LogP contribution in [0.15, 0.2) is 0 Å². The molecule has 0 aliphatic carbocycles. The van der Waals surface area contributed by atoms with Crippen LogP contribution in [-0.2, 0) is 14.6 Å². The van der Waals surface area contributed by atoms with Crippen molar-refractivity contribution in [2.45, 2.75) is 12.1 Å². The average Bonchev–Trinajstić information content (AvgIpc) is 2.23. The monoisotopic (exact) mass is 193 g/mol. The third kappa shape index (κ3) is 1.75. The van der Waals surface area contributed by atoms with Gasteiger partial charge in [0.1, 0.15) is 0 Å². The lowest BCUT2D eigenvalue weighted by molar-refractivity contribution is -0.119. The van der Waals surface area contributed by atoms with E-state index >= 15 is 0 Å². The number of carbonyl (C=O) groups is 1. The van der Waals surface area contributed by atoms with Gasteiger partial charge in [-0.05, 0) is 0 Å². The summed E-state index contributed by atoms with van der Waals surface area (Å²) in [7, 11) is -1.69. The summed E-state index contributed by atoms with van der Waals surface area (Å²) in [6.45, 7) is 0. The van der Waals surface area contributed by atoms with Crippen molar-refractivity contribution in [3.05, 3.63) is 0 Å². The van der Waals surface area contributed by atoms with E-state index in [2.05, 4.69) is 0 Å². The number of nitrogens with zero attached hydrogens (tertiary/aromatic N) is 1. The van der Waals surface area contributed by atoms with Crippen molar-refractivity contribution in [1.29, 1.82) is 0 Å².